The monoisotopic (exact) mass is 479 g/mol. The van der Waals surface area contributed by atoms with Gasteiger partial charge >= 0.3 is 0 Å². The van der Waals surface area contributed by atoms with Crippen LogP contribution >= 0.6 is 23.8 Å². The van der Waals surface area contributed by atoms with Gasteiger partial charge in [-0.1, -0.05) is 17.7 Å². The Labute approximate surface area is 200 Å². The molecule has 5 rings (SSSR count). The Balaban J connectivity index is 1.59. The highest BCUT2D eigenvalue weighted by Gasteiger charge is 2.42. The Hall–Kier alpha value is -3.42. The Kier molecular flexibility index (Phi) is 5.74. The number of furan rings is 1. The van der Waals surface area contributed by atoms with Crippen molar-refractivity contribution in [2.24, 2.45) is 0 Å². The van der Waals surface area contributed by atoms with E-state index >= 15 is 0 Å². The molecule has 0 unspecified atom stereocenters. The van der Waals surface area contributed by atoms with E-state index in [1.165, 1.54) is 12.1 Å². The van der Waals surface area contributed by atoms with Gasteiger partial charge < -0.3 is 19.4 Å². The topological polar surface area (TPSA) is 50.5 Å². The number of pyridine rings is 1. The summed E-state index contributed by atoms with van der Waals surface area (Å²) in [6.45, 7) is 0. The highest BCUT2D eigenvalue weighted by Crippen LogP contribution is 2.44. The summed E-state index contributed by atoms with van der Waals surface area (Å²) in [6.07, 6.45) is 1.75. The molecule has 1 aliphatic rings. The van der Waals surface area contributed by atoms with Crippen molar-refractivity contribution in [1.82, 2.24) is 10.3 Å². The van der Waals surface area contributed by atoms with Crippen LogP contribution in [-0.4, -0.2) is 17.2 Å². The van der Waals surface area contributed by atoms with Crippen molar-refractivity contribution in [2.75, 3.05) is 12.0 Å². The number of halogens is 2. The highest BCUT2D eigenvalue weighted by molar-refractivity contribution is 7.80. The minimum atomic E-state index is -0.328. The molecule has 33 heavy (non-hydrogen) atoms. The molecule has 2 aromatic heterocycles. The van der Waals surface area contributed by atoms with Gasteiger partial charge in [-0.05, 0) is 78.9 Å². The van der Waals surface area contributed by atoms with Gasteiger partial charge in [-0.2, -0.15) is 0 Å². The lowest BCUT2D eigenvalue weighted by Gasteiger charge is -2.26. The van der Waals surface area contributed by atoms with Crippen LogP contribution in [0.1, 0.15) is 23.5 Å². The van der Waals surface area contributed by atoms with Gasteiger partial charge in [0.05, 0.1) is 23.9 Å². The number of rotatable bonds is 5. The standard InChI is InChI=1S/C25H19ClFN3O2S/c1-31-21-10-9-17(14-18(21)26)30-24(23(29-25(30)33)19-4-2-3-13-28-19)22-12-11-20(32-22)15-5-7-16(27)8-6-15/h2-14,23-24H,1H3,(H,29,33)/t23-,24-/m1/s1. The molecule has 2 aromatic carbocycles. The maximum Gasteiger partial charge on any atom is 0.174 e. The first-order chi connectivity index (χ1) is 16.0. The second kappa shape index (κ2) is 8.84. The molecule has 2 atom stereocenters. The molecule has 0 aliphatic carbocycles. The average molecular weight is 480 g/mol. The molecule has 1 fully saturated rings. The molecule has 0 saturated carbocycles. The zero-order chi connectivity index (χ0) is 22.9. The maximum atomic E-state index is 13.4. The maximum absolute atomic E-state index is 13.4. The van der Waals surface area contributed by atoms with Crippen LogP contribution in [0, 0.1) is 5.82 Å². The second-order valence-corrected chi connectivity index (χ2v) is 8.32. The quantitative estimate of drug-likeness (QED) is 0.338. The van der Waals surface area contributed by atoms with Gasteiger partial charge in [-0.15, -0.1) is 0 Å². The number of nitrogens with zero attached hydrogens (tertiary/aromatic N) is 2. The van der Waals surface area contributed by atoms with Crippen molar-refractivity contribution in [2.45, 2.75) is 12.1 Å². The largest absolute Gasteiger partial charge is 0.495 e. The second-order valence-electron chi connectivity index (χ2n) is 7.52. The molecule has 0 spiro atoms. The first kappa shape index (κ1) is 21.4. The van der Waals surface area contributed by atoms with E-state index in [1.807, 2.05) is 47.4 Å². The normalized spacial score (nSPS) is 17.8. The van der Waals surface area contributed by atoms with Crippen LogP contribution in [0.15, 0.2) is 83.4 Å². The summed E-state index contributed by atoms with van der Waals surface area (Å²) in [6, 6.07) is 20.7. The molecule has 5 nitrogen and oxygen atoms in total. The van der Waals surface area contributed by atoms with Crippen molar-refractivity contribution in [1.29, 1.82) is 0 Å². The van der Waals surface area contributed by atoms with Gasteiger partial charge in [0.2, 0.25) is 0 Å². The first-order valence-corrected chi connectivity index (χ1v) is 11.0. The number of methoxy groups -OCH3 is 1. The lowest BCUT2D eigenvalue weighted by atomic mass is 10.0. The number of anilines is 1. The summed E-state index contributed by atoms with van der Waals surface area (Å²) in [4.78, 5) is 6.51. The van der Waals surface area contributed by atoms with Crippen molar-refractivity contribution in [3.63, 3.8) is 0 Å². The molecule has 1 aliphatic heterocycles. The van der Waals surface area contributed by atoms with Crippen LogP contribution in [0.3, 0.4) is 0 Å². The van der Waals surface area contributed by atoms with Gasteiger partial charge in [-0.25, -0.2) is 4.39 Å². The van der Waals surface area contributed by atoms with Gasteiger partial charge in [0.15, 0.2) is 5.11 Å². The average Bonchev–Trinajstić information content (AvgIpc) is 3.44. The zero-order valence-corrected chi connectivity index (χ0v) is 19.1. The van der Waals surface area contributed by atoms with E-state index in [-0.39, 0.29) is 17.9 Å². The Bertz CT molecular complexity index is 1300. The van der Waals surface area contributed by atoms with Crippen molar-refractivity contribution in [3.05, 3.63) is 101 Å². The summed E-state index contributed by atoms with van der Waals surface area (Å²) in [5.74, 6) is 1.60. The van der Waals surface area contributed by atoms with Crippen LogP contribution in [0.2, 0.25) is 5.02 Å². The molecule has 4 aromatic rings. The number of nitrogens with one attached hydrogen (secondary N) is 1. The van der Waals surface area contributed by atoms with E-state index in [2.05, 4.69) is 10.3 Å². The van der Waals surface area contributed by atoms with Crippen LogP contribution in [0.5, 0.6) is 5.75 Å². The lowest BCUT2D eigenvalue weighted by molar-refractivity contribution is 0.415. The molecule has 1 N–H and O–H groups in total. The van der Waals surface area contributed by atoms with E-state index < -0.39 is 0 Å². The van der Waals surface area contributed by atoms with Crippen LogP contribution in [-0.2, 0) is 0 Å². The molecule has 3 heterocycles. The van der Waals surface area contributed by atoms with Crippen LogP contribution in [0.25, 0.3) is 11.3 Å². The number of benzene rings is 2. The van der Waals surface area contributed by atoms with E-state index in [0.29, 0.717) is 27.4 Å². The number of thiocarbonyl (C=S) groups is 1. The third kappa shape index (κ3) is 4.05. The summed E-state index contributed by atoms with van der Waals surface area (Å²) in [5, 5.41) is 4.38. The minimum absolute atomic E-state index is 0.258. The van der Waals surface area contributed by atoms with E-state index in [0.717, 1.165) is 16.9 Å². The molecule has 0 radical (unpaired) electrons. The van der Waals surface area contributed by atoms with Gasteiger partial charge in [0.25, 0.3) is 0 Å². The van der Waals surface area contributed by atoms with E-state index in [9.17, 15) is 4.39 Å². The fraction of sp³-hybridized carbons (Fsp3) is 0.120. The van der Waals surface area contributed by atoms with E-state index in [1.54, 1.807) is 31.5 Å². The van der Waals surface area contributed by atoms with Gasteiger partial charge in [-0.3, -0.25) is 4.98 Å². The molecular formula is C25H19ClFN3O2S. The zero-order valence-electron chi connectivity index (χ0n) is 17.5. The molecule has 8 heteroatoms. The molecule has 166 valence electrons. The summed E-state index contributed by atoms with van der Waals surface area (Å²) < 4.78 is 24.9. The first-order valence-electron chi connectivity index (χ1n) is 10.2. The lowest BCUT2D eigenvalue weighted by Crippen LogP contribution is -2.29. The van der Waals surface area contributed by atoms with E-state index in [4.69, 9.17) is 33.0 Å². The smallest absolute Gasteiger partial charge is 0.174 e. The SMILES string of the molecule is COc1ccc(N2C(=S)N[C@H](c3ccccn3)[C@H]2c2ccc(-c3ccc(F)cc3)o2)cc1Cl. The van der Waals surface area contributed by atoms with Crippen molar-refractivity contribution >= 4 is 34.6 Å². The third-order valence-electron chi connectivity index (χ3n) is 5.56. The summed E-state index contributed by atoms with van der Waals surface area (Å²) in [7, 11) is 1.57. The predicted molar refractivity (Wildman–Crippen MR) is 130 cm³/mol. The molecule has 1 saturated heterocycles. The molecular weight excluding hydrogens is 461 g/mol. The number of ether oxygens (including phenoxy) is 1. The number of hydrogen-bond donors (Lipinski definition) is 1. The molecule has 0 bridgehead atoms. The minimum Gasteiger partial charge on any atom is -0.495 e. The van der Waals surface area contributed by atoms with Crippen molar-refractivity contribution < 1.29 is 13.5 Å². The molecule has 0 amide bonds. The number of hydrogen-bond acceptors (Lipinski definition) is 4. The van der Waals surface area contributed by atoms with Gasteiger partial charge in [0.1, 0.15) is 29.1 Å². The van der Waals surface area contributed by atoms with Gasteiger partial charge in [0, 0.05) is 17.4 Å². The summed E-state index contributed by atoms with van der Waals surface area (Å²) in [5.41, 5.74) is 2.40. The summed E-state index contributed by atoms with van der Waals surface area (Å²) >= 11 is 12.1. The third-order valence-corrected chi connectivity index (χ3v) is 6.17. The fourth-order valence-corrected chi connectivity index (χ4v) is 4.61. The Morgan fingerprint density at radius 1 is 1.09 bits per heavy atom. The number of aromatic nitrogens is 1. The Morgan fingerprint density at radius 3 is 2.61 bits per heavy atom. The fourth-order valence-electron chi connectivity index (χ4n) is 4.01. The predicted octanol–water partition coefficient (Wildman–Crippen LogP) is 6.32. The Morgan fingerprint density at radius 2 is 1.91 bits per heavy atom. The van der Waals surface area contributed by atoms with Crippen LogP contribution in [0.4, 0.5) is 10.1 Å². The van der Waals surface area contributed by atoms with Crippen molar-refractivity contribution in [3.8, 4) is 17.1 Å². The highest BCUT2D eigenvalue weighted by atomic mass is 35.5. The van der Waals surface area contributed by atoms with Crippen LogP contribution < -0.4 is 15.0 Å².